The smallest absolute Gasteiger partial charge is 0.165 e. The molecule has 3 fully saturated rings. The first-order valence-corrected chi connectivity index (χ1v) is 20.5. The first kappa shape index (κ1) is 29.3. The molecule has 0 bridgehead atoms. The van der Waals surface area contributed by atoms with Gasteiger partial charge in [0, 0.05) is 23.2 Å². The lowest BCUT2D eigenvalue weighted by molar-refractivity contribution is 0.226. The van der Waals surface area contributed by atoms with Gasteiger partial charge in [-0.1, -0.05) is 83.5 Å². The van der Waals surface area contributed by atoms with E-state index >= 15 is 0 Å². The Morgan fingerprint density at radius 1 is 0.594 bits per heavy atom. The van der Waals surface area contributed by atoms with Crippen molar-refractivity contribution in [2.24, 2.45) is 0 Å². The average molecular weight is 602 g/mol. The number of nitrogens with zero attached hydrogens (tertiary/aromatic N) is 4. The SMILES string of the molecule is CC(C)(C)N1P(N(C2CCCCC2)P(Cl)Cl)N(C(C)(C)C)P1N(C1CCCCC1)P(Cl)Cl. The van der Waals surface area contributed by atoms with Gasteiger partial charge in [0.25, 0.3) is 0 Å². The highest BCUT2D eigenvalue weighted by molar-refractivity contribution is 8.08. The maximum Gasteiger partial charge on any atom is 0.165 e. The van der Waals surface area contributed by atoms with Crippen LogP contribution in [0.2, 0.25) is 0 Å². The van der Waals surface area contributed by atoms with Gasteiger partial charge in [0.1, 0.15) is 16.7 Å². The van der Waals surface area contributed by atoms with E-state index in [0.29, 0.717) is 12.1 Å². The predicted octanol–water partition coefficient (Wildman–Crippen LogP) is 11.3. The van der Waals surface area contributed by atoms with Gasteiger partial charge in [0.2, 0.25) is 0 Å². The molecule has 3 aliphatic rings. The third-order valence-corrected chi connectivity index (χ3v) is 19.9. The van der Waals surface area contributed by atoms with E-state index < -0.39 is 30.3 Å². The Morgan fingerprint density at radius 2 is 0.875 bits per heavy atom. The molecule has 4 nitrogen and oxygen atoms in total. The molecule has 0 aromatic heterocycles. The number of halogens is 4. The van der Waals surface area contributed by atoms with Crippen molar-refractivity contribution in [2.45, 2.75) is 129 Å². The second-order valence-corrected chi connectivity index (χ2v) is 22.5. The summed E-state index contributed by atoms with van der Waals surface area (Å²) < 4.78 is 10.4. The molecule has 0 aromatic carbocycles. The third-order valence-electron chi connectivity index (χ3n) is 6.36. The molecule has 2 aliphatic carbocycles. The molecule has 2 saturated carbocycles. The van der Waals surface area contributed by atoms with Gasteiger partial charge in [-0.15, -0.1) is 0 Å². The fourth-order valence-corrected chi connectivity index (χ4v) is 19.1. The van der Waals surface area contributed by atoms with Crippen LogP contribution < -0.4 is 0 Å². The van der Waals surface area contributed by atoms with E-state index in [4.69, 9.17) is 45.0 Å². The summed E-state index contributed by atoms with van der Waals surface area (Å²) in [5.74, 6) is 0. The van der Waals surface area contributed by atoms with Crippen LogP contribution in [-0.2, 0) is 0 Å². The Bertz CT molecular complexity index is 547. The first-order chi connectivity index (χ1) is 14.9. The van der Waals surface area contributed by atoms with Crippen molar-refractivity contribution in [1.82, 2.24) is 17.8 Å². The van der Waals surface area contributed by atoms with Gasteiger partial charge >= 0.3 is 0 Å². The first-order valence-electron chi connectivity index (χ1n) is 11.9. The lowest BCUT2D eigenvalue weighted by Crippen LogP contribution is -2.59. The van der Waals surface area contributed by atoms with E-state index in [1.807, 2.05) is 0 Å². The topological polar surface area (TPSA) is 13.0 Å². The Balaban J connectivity index is 2.04. The Morgan fingerprint density at radius 3 is 1.09 bits per heavy atom. The molecule has 0 atom stereocenters. The van der Waals surface area contributed by atoms with Gasteiger partial charge in [-0.3, -0.25) is 0 Å². The van der Waals surface area contributed by atoms with Crippen LogP contribution in [0.3, 0.4) is 0 Å². The standard InChI is InChI=1S/C20H40Cl4N4P4/c1-19(2,3)27-31(25(29(21)22)17-13-9-7-10-14-17)28(20(4,5)6)32(27)26(30(23)24)18-15-11-8-12-16-18/h17-18H,7-16H2,1-6H3. The van der Waals surface area contributed by atoms with E-state index in [1.165, 1.54) is 64.2 Å². The quantitative estimate of drug-likeness (QED) is 0.281. The van der Waals surface area contributed by atoms with Crippen molar-refractivity contribution in [3.63, 3.8) is 0 Å². The zero-order chi connectivity index (χ0) is 23.8. The summed E-state index contributed by atoms with van der Waals surface area (Å²) in [6.45, 7) is 11.5. The highest BCUT2D eigenvalue weighted by atomic mass is 35.9. The van der Waals surface area contributed by atoms with Crippen LogP contribution in [0, 0.1) is 0 Å². The van der Waals surface area contributed by atoms with Gasteiger partial charge in [-0.05, 0) is 67.2 Å². The van der Waals surface area contributed by atoms with E-state index in [2.05, 4.69) is 59.3 Å². The molecule has 0 amide bonds. The van der Waals surface area contributed by atoms with Crippen molar-refractivity contribution >= 4 is 75.3 Å². The summed E-state index contributed by atoms with van der Waals surface area (Å²) in [4.78, 5) is 0. The predicted molar refractivity (Wildman–Crippen MR) is 152 cm³/mol. The number of hydrogen-bond acceptors (Lipinski definition) is 4. The van der Waals surface area contributed by atoms with Crippen LogP contribution in [0.4, 0.5) is 0 Å². The zero-order valence-corrected chi connectivity index (χ0v) is 26.9. The minimum Gasteiger partial charge on any atom is -0.206 e. The van der Waals surface area contributed by atoms with E-state index in [0.717, 1.165) is 0 Å². The molecule has 0 spiro atoms. The second kappa shape index (κ2) is 12.1. The van der Waals surface area contributed by atoms with E-state index in [-0.39, 0.29) is 11.1 Å². The fourth-order valence-electron chi connectivity index (χ4n) is 4.98. The molecular formula is C20H40Cl4N4P4. The Labute approximate surface area is 221 Å². The summed E-state index contributed by atoms with van der Waals surface area (Å²) >= 11 is 27.3. The lowest BCUT2D eigenvalue weighted by Gasteiger charge is -2.69. The Hall–Kier alpha value is 2.72. The van der Waals surface area contributed by atoms with Crippen molar-refractivity contribution in [3.8, 4) is 0 Å². The third kappa shape index (κ3) is 6.58. The molecule has 12 heteroatoms. The summed E-state index contributed by atoms with van der Waals surface area (Å²) in [6.07, 6.45) is 12.5. The molecule has 0 aromatic rings. The van der Waals surface area contributed by atoms with Crippen LogP contribution in [0.5, 0.6) is 0 Å². The normalized spacial score (nSPS) is 28.3. The van der Waals surface area contributed by atoms with Gasteiger partial charge < -0.3 is 0 Å². The van der Waals surface area contributed by atoms with Crippen molar-refractivity contribution in [1.29, 1.82) is 0 Å². The molecule has 1 saturated heterocycles. The summed E-state index contributed by atoms with van der Waals surface area (Å²) in [5, 5.41) is 0. The summed E-state index contributed by atoms with van der Waals surface area (Å²) in [6, 6.07) is 0.916. The van der Waals surface area contributed by atoms with Crippen LogP contribution in [-0.4, -0.2) is 40.9 Å². The average Bonchev–Trinajstić information content (AvgIpc) is 2.65. The van der Waals surface area contributed by atoms with Crippen molar-refractivity contribution in [2.75, 3.05) is 0 Å². The minimum atomic E-state index is -1.24. The molecule has 0 radical (unpaired) electrons. The minimum absolute atomic E-state index is 0.0305. The number of hydrogen-bond donors (Lipinski definition) is 0. The van der Waals surface area contributed by atoms with Crippen LogP contribution >= 0.6 is 75.3 Å². The molecule has 1 heterocycles. The van der Waals surface area contributed by atoms with Crippen molar-refractivity contribution in [3.05, 3.63) is 0 Å². The molecule has 0 unspecified atom stereocenters. The molecule has 188 valence electrons. The van der Waals surface area contributed by atoms with Gasteiger partial charge in [0.15, 0.2) is 13.6 Å². The van der Waals surface area contributed by atoms with Crippen molar-refractivity contribution < 1.29 is 0 Å². The molecule has 1 aliphatic heterocycles. The van der Waals surface area contributed by atoms with Crippen LogP contribution in [0.15, 0.2) is 0 Å². The van der Waals surface area contributed by atoms with Crippen LogP contribution in [0.25, 0.3) is 0 Å². The van der Waals surface area contributed by atoms with E-state index in [9.17, 15) is 0 Å². The summed E-state index contributed by atoms with van der Waals surface area (Å²) in [7, 11) is -1.60. The van der Waals surface area contributed by atoms with Gasteiger partial charge in [-0.25, -0.2) is 17.8 Å². The maximum absolute atomic E-state index is 6.82. The Kier molecular flexibility index (Phi) is 11.0. The van der Waals surface area contributed by atoms with Gasteiger partial charge in [-0.2, -0.15) is 0 Å². The van der Waals surface area contributed by atoms with Crippen LogP contribution in [0.1, 0.15) is 106 Å². The van der Waals surface area contributed by atoms with E-state index in [1.54, 1.807) is 0 Å². The lowest BCUT2D eigenvalue weighted by atomic mass is 9.96. The highest BCUT2D eigenvalue weighted by Crippen LogP contribution is 2.90. The second-order valence-electron chi connectivity index (χ2n) is 11.1. The molecule has 0 N–H and O–H groups in total. The zero-order valence-electron chi connectivity index (χ0n) is 20.3. The van der Waals surface area contributed by atoms with Gasteiger partial charge in [0.05, 0.1) is 0 Å². The molecule has 3 rings (SSSR count). The molecular weight excluding hydrogens is 562 g/mol. The highest BCUT2D eigenvalue weighted by Gasteiger charge is 2.63. The fraction of sp³-hybridized carbons (Fsp3) is 1.00. The largest absolute Gasteiger partial charge is 0.206 e. The maximum atomic E-state index is 6.82. The number of rotatable bonds is 6. The summed E-state index contributed by atoms with van der Waals surface area (Å²) in [5.41, 5.74) is -0.0610. The monoisotopic (exact) mass is 600 g/mol. The molecule has 32 heavy (non-hydrogen) atoms.